The van der Waals surface area contributed by atoms with Crippen molar-refractivity contribution in [1.29, 1.82) is 0 Å². The summed E-state index contributed by atoms with van der Waals surface area (Å²) < 4.78 is 37.4. The Balaban J connectivity index is 3.07. The molecule has 0 aliphatic heterocycles. The minimum atomic E-state index is -4.34. The first-order chi connectivity index (χ1) is 7.36. The van der Waals surface area contributed by atoms with Crippen LogP contribution in [0.3, 0.4) is 0 Å². The molecule has 0 fully saturated rings. The average Bonchev–Trinajstić information content (AvgIpc) is 2.17. The predicted octanol–water partition coefficient (Wildman–Crippen LogP) is 2.30. The van der Waals surface area contributed by atoms with Gasteiger partial charge in [-0.2, -0.15) is 13.2 Å². The molecule has 5 heteroatoms. The first-order valence-electron chi connectivity index (χ1n) is 4.80. The van der Waals surface area contributed by atoms with Crippen molar-refractivity contribution < 1.29 is 18.3 Å². The lowest BCUT2D eigenvalue weighted by molar-refractivity contribution is -0.137. The summed E-state index contributed by atoms with van der Waals surface area (Å²) in [5.74, 6) is 0. The highest BCUT2D eigenvalue weighted by atomic mass is 19.4. The Morgan fingerprint density at radius 3 is 2.38 bits per heavy atom. The van der Waals surface area contributed by atoms with Crippen molar-refractivity contribution >= 4 is 0 Å². The maximum Gasteiger partial charge on any atom is 0.416 e. The van der Waals surface area contributed by atoms with E-state index in [0.29, 0.717) is 5.56 Å². The van der Waals surface area contributed by atoms with Gasteiger partial charge in [0.15, 0.2) is 0 Å². The van der Waals surface area contributed by atoms with Crippen molar-refractivity contribution in [3.8, 4) is 0 Å². The van der Waals surface area contributed by atoms with Crippen molar-refractivity contribution in [3.63, 3.8) is 0 Å². The van der Waals surface area contributed by atoms with Gasteiger partial charge in [-0.25, -0.2) is 0 Å². The summed E-state index contributed by atoms with van der Waals surface area (Å²) in [5.41, 5.74) is -0.229. The molecule has 1 rings (SSSR count). The molecule has 16 heavy (non-hydrogen) atoms. The third-order valence-electron chi connectivity index (χ3n) is 2.40. The highest BCUT2D eigenvalue weighted by Crippen LogP contribution is 2.31. The zero-order valence-electron chi connectivity index (χ0n) is 9.12. The van der Waals surface area contributed by atoms with Crippen LogP contribution in [0.15, 0.2) is 24.3 Å². The first-order valence-corrected chi connectivity index (χ1v) is 4.80. The van der Waals surface area contributed by atoms with Crippen molar-refractivity contribution in [2.75, 3.05) is 20.7 Å². The molecule has 0 radical (unpaired) electrons. The van der Waals surface area contributed by atoms with Crippen molar-refractivity contribution in [2.45, 2.75) is 12.2 Å². The Kier molecular flexibility index (Phi) is 3.93. The van der Waals surface area contributed by atoms with Gasteiger partial charge in [-0.1, -0.05) is 12.1 Å². The molecule has 0 aliphatic rings. The summed E-state index contributed by atoms with van der Waals surface area (Å²) in [6, 6.07) is 4.61. The molecule has 1 N–H and O–H groups in total. The summed E-state index contributed by atoms with van der Waals surface area (Å²) in [5, 5.41) is 9.12. The third-order valence-corrected chi connectivity index (χ3v) is 2.40. The SMILES string of the molecule is CN(C)[C@@H](CO)c1cccc(C(F)(F)F)c1. The quantitative estimate of drug-likeness (QED) is 0.865. The van der Waals surface area contributed by atoms with Gasteiger partial charge in [0.05, 0.1) is 18.2 Å². The average molecular weight is 233 g/mol. The standard InChI is InChI=1S/C11H14F3NO/c1-15(2)10(7-16)8-4-3-5-9(6-8)11(12,13)14/h3-6,10,16H,7H2,1-2H3/t10-/m0/s1. The third kappa shape index (κ3) is 2.96. The summed E-state index contributed by atoms with van der Waals surface area (Å²) in [6.07, 6.45) is -4.34. The Hall–Kier alpha value is -1.07. The number of aliphatic hydroxyl groups excluding tert-OH is 1. The molecule has 1 atom stereocenters. The van der Waals surface area contributed by atoms with E-state index in [1.807, 2.05) is 0 Å². The number of nitrogens with zero attached hydrogens (tertiary/aromatic N) is 1. The number of likely N-dealkylation sites (N-methyl/N-ethyl adjacent to an activating group) is 1. The van der Waals surface area contributed by atoms with E-state index >= 15 is 0 Å². The Bertz CT molecular complexity index is 349. The summed E-state index contributed by atoms with van der Waals surface area (Å²) >= 11 is 0. The maximum absolute atomic E-state index is 12.5. The summed E-state index contributed by atoms with van der Waals surface area (Å²) in [4.78, 5) is 1.68. The van der Waals surface area contributed by atoms with Crippen LogP contribution in [0.25, 0.3) is 0 Å². The second-order valence-corrected chi connectivity index (χ2v) is 3.79. The molecule has 0 amide bonds. The van der Waals surface area contributed by atoms with Crippen LogP contribution in [0.4, 0.5) is 13.2 Å². The lowest BCUT2D eigenvalue weighted by atomic mass is 10.0. The molecule has 1 aromatic rings. The fourth-order valence-corrected chi connectivity index (χ4v) is 1.49. The number of benzene rings is 1. The molecular weight excluding hydrogens is 219 g/mol. The number of halogens is 3. The molecule has 0 heterocycles. The van der Waals surface area contributed by atoms with Gasteiger partial charge in [0.1, 0.15) is 0 Å². The predicted molar refractivity (Wildman–Crippen MR) is 55.0 cm³/mol. The molecular formula is C11H14F3NO. The second kappa shape index (κ2) is 4.84. The Morgan fingerprint density at radius 1 is 1.31 bits per heavy atom. The van der Waals surface area contributed by atoms with Crippen molar-refractivity contribution in [3.05, 3.63) is 35.4 Å². The molecule has 0 unspecified atom stereocenters. The normalized spacial score (nSPS) is 14.2. The van der Waals surface area contributed by atoms with Crippen LogP contribution in [0.2, 0.25) is 0 Å². The van der Waals surface area contributed by atoms with Gasteiger partial charge >= 0.3 is 6.18 Å². The number of hydrogen-bond acceptors (Lipinski definition) is 2. The molecule has 0 aliphatic carbocycles. The zero-order valence-corrected chi connectivity index (χ0v) is 9.12. The molecule has 0 saturated carbocycles. The summed E-state index contributed by atoms with van der Waals surface area (Å²) in [7, 11) is 3.42. The fraction of sp³-hybridized carbons (Fsp3) is 0.455. The van der Waals surface area contributed by atoms with Gasteiger partial charge in [0.25, 0.3) is 0 Å². The molecule has 2 nitrogen and oxygen atoms in total. The highest BCUT2D eigenvalue weighted by molar-refractivity contribution is 5.28. The maximum atomic E-state index is 12.5. The van der Waals surface area contributed by atoms with E-state index in [9.17, 15) is 13.2 Å². The monoisotopic (exact) mass is 233 g/mol. The van der Waals surface area contributed by atoms with E-state index in [0.717, 1.165) is 12.1 Å². The van der Waals surface area contributed by atoms with Crippen LogP contribution < -0.4 is 0 Å². The number of aliphatic hydroxyl groups is 1. The van der Waals surface area contributed by atoms with E-state index in [2.05, 4.69) is 0 Å². The van der Waals surface area contributed by atoms with Gasteiger partial charge in [-0.3, -0.25) is 0 Å². The van der Waals surface area contributed by atoms with Crippen LogP contribution >= 0.6 is 0 Å². The second-order valence-electron chi connectivity index (χ2n) is 3.79. The minimum absolute atomic E-state index is 0.214. The van der Waals surface area contributed by atoms with Crippen molar-refractivity contribution in [2.24, 2.45) is 0 Å². The highest BCUT2D eigenvalue weighted by Gasteiger charge is 2.31. The summed E-state index contributed by atoms with van der Waals surface area (Å²) in [6.45, 7) is -0.214. The van der Waals surface area contributed by atoms with Gasteiger partial charge in [-0.05, 0) is 31.8 Å². The lowest BCUT2D eigenvalue weighted by Gasteiger charge is -2.23. The van der Waals surface area contributed by atoms with Gasteiger partial charge in [0, 0.05) is 0 Å². The van der Waals surface area contributed by atoms with Gasteiger partial charge in [-0.15, -0.1) is 0 Å². The fourth-order valence-electron chi connectivity index (χ4n) is 1.49. The number of hydrogen-bond donors (Lipinski definition) is 1. The van der Waals surface area contributed by atoms with Gasteiger partial charge in [0.2, 0.25) is 0 Å². The van der Waals surface area contributed by atoms with Crippen molar-refractivity contribution in [1.82, 2.24) is 4.90 Å². The molecule has 0 aromatic heterocycles. The minimum Gasteiger partial charge on any atom is -0.394 e. The van der Waals surface area contributed by atoms with Crippen LogP contribution in [-0.2, 0) is 6.18 Å². The lowest BCUT2D eigenvalue weighted by Crippen LogP contribution is -2.23. The van der Waals surface area contributed by atoms with Crippen LogP contribution in [0.5, 0.6) is 0 Å². The number of rotatable bonds is 3. The topological polar surface area (TPSA) is 23.5 Å². The van der Waals surface area contributed by atoms with E-state index in [4.69, 9.17) is 5.11 Å². The molecule has 90 valence electrons. The Morgan fingerprint density at radius 2 is 1.94 bits per heavy atom. The molecule has 0 bridgehead atoms. The number of alkyl halides is 3. The van der Waals surface area contributed by atoms with E-state index in [1.165, 1.54) is 6.07 Å². The smallest absolute Gasteiger partial charge is 0.394 e. The molecule has 0 spiro atoms. The first kappa shape index (κ1) is 13.0. The largest absolute Gasteiger partial charge is 0.416 e. The van der Waals surface area contributed by atoms with E-state index < -0.39 is 17.8 Å². The van der Waals surface area contributed by atoms with Crippen LogP contribution in [0.1, 0.15) is 17.2 Å². The zero-order chi connectivity index (χ0) is 12.3. The van der Waals surface area contributed by atoms with Gasteiger partial charge < -0.3 is 10.0 Å². The molecule has 1 aromatic carbocycles. The van der Waals surface area contributed by atoms with Crippen LogP contribution in [-0.4, -0.2) is 30.7 Å². The van der Waals surface area contributed by atoms with E-state index in [1.54, 1.807) is 25.1 Å². The van der Waals surface area contributed by atoms with E-state index in [-0.39, 0.29) is 6.61 Å². The van der Waals surface area contributed by atoms with Crippen LogP contribution in [0, 0.1) is 0 Å². The molecule has 0 saturated heterocycles. The Labute approximate surface area is 92.3 Å².